The Morgan fingerprint density at radius 2 is 2.05 bits per heavy atom. The highest BCUT2D eigenvalue weighted by molar-refractivity contribution is 6.00. The molecule has 0 radical (unpaired) electrons. The van der Waals surface area contributed by atoms with Gasteiger partial charge in [0.15, 0.2) is 11.3 Å². The third-order valence-corrected chi connectivity index (χ3v) is 7.05. The Labute approximate surface area is 214 Å². The summed E-state index contributed by atoms with van der Waals surface area (Å²) in [5.41, 5.74) is 8.21. The van der Waals surface area contributed by atoms with Crippen LogP contribution >= 0.6 is 0 Å². The van der Waals surface area contributed by atoms with Crippen LogP contribution in [0.2, 0.25) is 0 Å². The van der Waals surface area contributed by atoms with Crippen molar-refractivity contribution in [2.75, 3.05) is 43.9 Å². The van der Waals surface area contributed by atoms with E-state index in [4.69, 9.17) is 20.6 Å². The van der Waals surface area contributed by atoms with Gasteiger partial charge in [0.25, 0.3) is 0 Å². The minimum atomic E-state index is -1.63. The van der Waals surface area contributed by atoms with E-state index in [2.05, 4.69) is 26.3 Å². The van der Waals surface area contributed by atoms with E-state index >= 15 is 4.39 Å². The fourth-order valence-electron chi connectivity index (χ4n) is 5.11. The van der Waals surface area contributed by atoms with Crippen LogP contribution in [0.4, 0.5) is 16.2 Å². The largest absolute Gasteiger partial charge is 0.383 e. The minimum Gasteiger partial charge on any atom is -0.383 e. The number of rotatable bonds is 6. The molecule has 0 spiro atoms. The van der Waals surface area contributed by atoms with E-state index in [0.29, 0.717) is 43.2 Å². The molecule has 1 aromatic carbocycles. The summed E-state index contributed by atoms with van der Waals surface area (Å²) in [6, 6.07) is 7.52. The van der Waals surface area contributed by atoms with Gasteiger partial charge in [-0.2, -0.15) is 15.1 Å². The van der Waals surface area contributed by atoms with E-state index in [1.54, 1.807) is 12.2 Å². The van der Waals surface area contributed by atoms with Crippen LogP contribution in [0.25, 0.3) is 33.2 Å². The molecule has 0 amide bonds. The summed E-state index contributed by atoms with van der Waals surface area (Å²) in [5, 5.41) is 9.87. The molecule has 6 rings (SSSR count). The zero-order valence-corrected chi connectivity index (χ0v) is 21.0. The number of morpholine rings is 1. The number of nitrogen functional groups attached to an aromatic ring is 1. The average molecular weight is 503 g/mol. The first kappa shape index (κ1) is 23.6. The van der Waals surface area contributed by atoms with Gasteiger partial charge in [-0.25, -0.2) is 9.07 Å². The van der Waals surface area contributed by atoms with Gasteiger partial charge in [0, 0.05) is 48.3 Å². The second-order valence-corrected chi connectivity index (χ2v) is 9.98. The van der Waals surface area contributed by atoms with Crippen LogP contribution in [0.5, 0.6) is 0 Å². The normalized spacial score (nSPS) is 22.4. The summed E-state index contributed by atoms with van der Waals surface area (Å²) >= 11 is 0. The second-order valence-electron chi connectivity index (χ2n) is 9.98. The molecular weight excluding hydrogens is 471 g/mol. The third-order valence-electron chi connectivity index (χ3n) is 7.05. The predicted octanol–water partition coefficient (Wildman–Crippen LogP) is 4.08. The molecule has 37 heavy (non-hydrogen) atoms. The molecule has 4 heterocycles. The fourth-order valence-corrected chi connectivity index (χ4v) is 5.11. The summed E-state index contributed by atoms with van der Waals surface area (Å²) in [6.07, 6.45) is 8.91. The number of benzene rings is 1. The van der Waals surface area contributed by atoms with Crippen LogP contribution < -0.4 is 11.1 Å². The van der Waals surface area contributed by atoms with Crippen LogP contribution in [0, 0.1) is 0 Å². The van der Waals surface area contributed by atoms with E-state index in [-0.39, 0.29) is 18.5 Å². The number of alkyl halides is 1. The van der Waals surface area contributed by atoms with Crippen molar-refractivity contribution in [2.45, 2.75) is 31.6 Å². The van der Waals surface area contributed by atoms with E-state index in [0.717, 1.165) is 22.2 Å². The standard InChI is InChI=1S/C27H31FN8O/c1-17(2)36-25-22(23(34-36)19-6-7-20-18(15-19)8-10-30-20)24(29)32-26(33-25)31-21-5-3-4-9-27(21,28)16-35-11-13-37-14-12-35/h3-10,15,17,21,30H,11-14,16H2,1-2H3,(H3,29,31,32,33). The number of nitrogens with zero attached hydrogens (tertiary/aromatic N) is 5. The molecule has 4 N–H and O–H groups in total. The topological polar surface area (TPSA) is 110 Å². The lowest BCUT2D eigenvalue weighted by molar-refractivity contribution is 0.0146. The third kappa shape index (κ3) is 4.36. The van der Waals surface area contributed by atoms with Gasteiger partial charge >= 0.3 is 0 Å². The first-order chi connectivity index (χ1) is 17.9. The van der Waals surface area contributed by atoms with Crippen molar-refractivity contribution < 1.29 is 9.13 Å². The average Bonchev–Trinajstić information content (AvgIpc) is 3.51. The van der Waals surface area contributed by atoms with Gasteiger partial charge in [-0.15, -0.1) is 0 Å². The van der Waals surface area contributed by atoms with Crippen molar-refractivity contribution in [1.82, 2.24) is 29.6 Å². The Balaban J connectivity index is 1.37. The van der Waals surface area contributed by atoms with Gasteiger partial charge in [0.2, 0.25) is 5.95 Å². The van der Waals surface area contributed by atoms with Crippen LogP contribution in [0.3, 0.4) is 0 Å². The van der Waals surface area contributed by atoms with Gasteiger partial charge in [-0.3, -0.25) is 4.90 Å². The molecule has 192 valence electrons. The number of aromatic amines is 1. The molecule has 10 heteroatoms. The van der Waals surface area contributed by atoms with Crippen LogP contribution in [0.1, 0.15) is 19.9 Å². The van der Waals surface area contributed by atoms with E-state index in [1.807, 2.05) is 55.1 Å². The monoisotopic (exact) mass is 502 g/mol. The molecule has 2 atom stereocenters. The summed E-state index contributed by atoms with van der Waals surface area (Å²) < 4.78 is 23.5. The Morgan fingerprint density at radius 3 is 2.86 bits per heavy atom. The molecule has 0 saturated carbocycles. The number of aromatic nitrogens is 5. The first-order valence-electron chi connectivity index (χ1n) is 12.7. The SMILES string of the molecule is CC(C)n1nc(-c2ccc3[nH]ccc3c2)c2c(N)nc(NC3C=CC=CC3(F)CN3CCOCC3)nc21. The van der Waals surface area contributed by atoms with Crippen molar-refractivity contribution in [3.63, 3.8) is 0 Å². The Morgan fingerprint density at radius 1 is 1.22 bits per heavy atom. The minimum absolute atomic E-state index is 0.0356. The zero-order chi connectivity index (χ0) is 25.6. The molecule has 1 saturated heterocycles. The van der Waals surface area contributed by atoms with Gasteiger partial charge in [-0.1, -0.05) is 24.3 Å². The second kappa shape index (κ2) is 9.28. The highest BCUT2D eigenvalue weighted by atomic mass is 19.1. The number of nitrogens with one attached hydrogen (secondary N) is 2. The predicted molar refractivity (Wildman–Crippen MR) is 144 cm³/mol. The Hall–Kier alpha value is -3.76. The number of hydrogen-bond acceptors (Lipinski definition) is 7. The Kier molecular flexibility index (Phi) is 5.92. The molecule has 9 nitrogen and oxygen atoms in total. The zero-order valence-electron chi connectivity index (χ0n) is 21.0. The maximum atomic E-state index is 16.3. The summed E-state index contributed by atoms with van der Waals surface area (Å²) in [4.78, 5) is 14.7. The van der Waals surface area contributed by atoms with E-state index in [9.17, 15) is 0 Å². The lowest BCUT2D eigenvalue weighted by atomic mass is 9.91. The molecule has 2 aliphatic rings. The molecule has 1 fully saturated rings. The van der Waals surface area contributed by atoms with Crippen LogP contribution in [-0.4, -0.2) is 74.2 Å². The van der Waals surface area contributed by atoms with Gasteiger partial charge in [0.1, 0.15) is 11.5 Å². The van der Waals surface area contributed by atoms with Gasteiger partial charge in [0.05, 0.1) is 24.6 Å². The number of hydrogen-bond donors (Lipinski definition) is 3. The van der Waals surface area contributed by atoms with Gasteiger partial charge < -0.3 is 20.8 Å². The summed E-state index contributed by atoms with van der Waals surface area (Å²) in [6.45, 7) is 6.97. The van der Waals surface area contributed by atoms with Gasteiger partial charge in [-0.05, 0) is 38.1 Å². The molecule has 1 aliphatic carbocycles. The van der Waals surface area contributed by atoms with E-state index < -0.39 is 11.7 Å². The number of ether oxygens (including phenoxy) is 1. The highest BCUT2D eigenvalue weighted by Gasteiger charge is 2.39. The number of H-pyrrole nitrogens is 1. The summed E-state index contributed by atoms with van der Waals surface area (Å²) in [5.74, 6) is 0.574. The maximum Gasteiger partial charge on any atom is 0.227 e. The van der Waals surface area contributed by atoms with Crippen molar-refractivity contribution in [2.24, 2.45) is 0 Å². The van der Waals surface area contributed by atoms with Crippen molar-refractivity contribution in [3.8, 4) is 11.3 Å². The molecule has 2 unspecified atom stereocenters. The molecule has 4 aromatic rings. The van der Waals surface area contributed by atoms with Crippen LogP contribution in [-0.2, 0) is 4.74 Å². The number of anilines is 2. The fraction of sp³-hybridized carbons (Fsp3) is 0.370. The smallest absolute Gasteiger partial charge is 0.227 e. The van der Waals surface area contributed by atoms with E-state index in [1.165, 1.54) is 0 Å². The Bertz CT molecular complexity index is 1500. The molecule has 0 bridgehead atoms. The highest BCUT2D eigenvalue weighted by Crippen LogP contribution is 2.35. The number of nitrogens with two attached hydrogens (primary N) is 1. The maximum absolute atomic E-state index is 16.3. The van der Waals surface area contributed by atoms with Crippen molar-refractivity contribution in [1.29, 1.82) is 0 Å². The molecule has 3 aromatic heterocycles. The van der Waals surface area contributed by atoms with Crippen molar-refractivity contribution in [3.05, 3.63) is 54.8 Å². The number of allylic oxidation sites excluding steroid dienone is 2. The van der Waals surface area contributed by atoms with Crippen LogP contribution in [0.15, 0.2) is 54.8 Å². The quantitative estimate of drug-likeness (QED) is 0.364. The first-order valence-corrected chi connectivity index (χ1v) is 12.7. The lowest BCUT2D eigenvalue weighted by Gasteiger charge is -2.37. The summed E-state index contributed by atoms with van der Waals surface area (Å²) in [7, 11) is 0. The number of fused-ring (bicyclic) bond motifs is 2. The molecular formula is C27H31FN8O. The molecule has 1 aliphatic heterocycles. The number of halogens is 1. The van der Waals surface area contributed by atoms with Crippen molar-refractivity contribution >= 4 is 33.7 Å². The lowest BCUT2D eigenvalue weighted by Crippen LogP contribution is -2.52.